The fourth-order valence-electron chi connectivity index (χ4n) is 3.13. The quantitative estimate of drug-likeness (QED) is 0.566. The van der Waals surface area contributed by atoms with Crippen LogP contribution in [0.3, 0.4) is 0 Å². The van der Waals surface area contributed by atoms with Gasteiger partial charge in [0.15, 0.2) is 0 Å². The summed E-state index contributed by atoms with van der Waals surface area (Å²) >= 11 is 0. The maximum absolute atomic E-state index is 10.9. The molecular weight excluding hydrogens is 140 g/mol. The Morgan fingerprint density at radius 3 is 2.36 bits per heavy atom. The Morgan fingerprint density at radius 2 is 2.00 bits per heavy atom. The first-order valence-electron chi connectivity index (χ1n) is 4.14. The molecule has 11 heavy (non-hydrogen) atoms. The second kappa shape index (κ2) is 1.79. The Bertz CT molecular complexity index is 188. The predicted molar refractivity (Wildman–Crippen MR) is 41.0 cm³/mol. The number of hydrogen-bond donors (Lipinski definition) is 0. The Labute approximate surface area is 66.9 Å². The fourth-order valence-corrected chi connectivity index (χ4v) is 3.13. The van der Waals surface area contributed by atoms with Crippen LogP contribution in [0.15, 0.2) is 0 Å². The van der Waals surface area contributed by atoms with E-state index in [1.54, 1.807) is 0 Å². The molecule has 3 fully saturated rings. The molecule has 0 N–H and O–H groups in total. The Morgan fingerprint density at radius 1 is 1.45 bits per heavy atom. The van der Waals surface area contributed by atoms with Crippen LogP contribution < -0.4 is 0 Å². The number of ether oxygens (including phenoxy) is 1. The summed E-state index contributed by atoms with van der Waals surface area (Å²) in [6.45, 7) is 2.30. The lowest BCUT2D eigenvalue weighted by atomic mass is 9.35. The largest absolute Gasteiger partial charge is 0.469 e. The zero-order chi connectivity index (χ0) is 8.11. The normalized spacial score (nSPS) is 45.6. The molecule has 3 saturated carbocycles. The van der Waals surface area contributed by atoms with Crippen molar-refractivity contribution in [2.45, 2.75) is 32.6 Å². The molecule has 0 aromatic heterocycles. The van der Waals surface area contributed by atoms with Gasteiger partial charge in [-0.25, -0.2) is 0 Å². The maximum atomic E-state index is 10.9. The minimum Gasteiger partial charge on any atom is -0.469 e. The van der Waals surface area contributed by atoms with E-state index in [4.69, 9.17) is 0 Å². The highest BCUT2D eigenvalue weighted by Crippen LogP contribution is 2.74. The Kier molecular flexibility index (Phi) is 1.16. The van der Waals surface area contributed by atoms with Crippen LogP contribution in [-0.4, -0.2) is 13.1 Å². The van der Waals surface area contributed by atoms with Crippen molar-refractivity contribution in [2.75, 3.05) is 7.11 Å². The average molecular weight is 154 g/mol. The Balaban J connectivity index is 1.86. The number of hydrogen-bond acceptors (Lipinski definition) is 2. The van der Waals surface area contributed by atoms with Crippen LogP contribution in [0.25, 0.3) is 0 Å². The molecule has 0 spiro atoms. The molecule has 2 nitrogen and oxygen atoms in total. The monoisotopic (exact) mass is 154 g/mol. The smallest absolute Gasteiger partial charge is 0.306 e. The minimum atomic E-state index is -0.0354. The molecule has 2 heteroatoms. The van der Waals surface area contributed by atoms with Crippen molar-refractivity contribution in [3.05, 3.63) is 0 Å². The number of rotatable bonds is 2. The molecule has 0 unspecified atom stereocenters. The van der Waals surface area contributed by atoms with Gasteiger partial charge in [0.25, 0.3) is 0 Å². The average Bonchev–Trinajstić information content (AvgIpc) is 1.82. The van der Waals surface area contributed by atoms with Gasteiger partial charge in [-0.3, -0.25) is 4.79 Å². The van der Waals surface area contributed by atoms with Crippen LogP contribution in [0.2, 0.25) is 0 Å². The summed E-state index contributed by atoms with van der Waals surface area (Å²) in [6.07, 6.45) is 4.39. The van der Waals surface area contributed by atoms with Crippen LogP contribution in [0, 0.1) is 10.8 Å². The van der Waals surface area contributed by atoms with E-state index >= 15 is 0 Å². The summed E-state index contributed by atoms with van der Waals surface area (Å²) in [5.74, 6) is -0.0354. The standard InChI is InChI=1S/C9H14O2/c1-8-4-9(5-8,6-8)3-7(10)11-2/h3-6H2,1-2H3. The summed E-state index contributed by atoms with van der Waals surface area (Å²) in [5.41, 5.74) is 0.982. The lowest BCUT2D eigenvalue weighted by Crippen LogP contribution is -2.60. The molecule has 0 radical (unpaired) electrons. The number of esters is 1. The number of carbonyl (C=O) groups excluding carboxylic acids is 1. The van der Waals surface area contributed by atoms with Gasteiger partial charge < -0.3 is 4.74 Å². The topological polar surface area (TPSA) is 26.3 Å². The molecule has 0 amide bonds. The van der Waals surface area contributed by atoms with Gasteiger partial charge in [-0.15, -0.1) is 0 Å². The van der Waals surface area contributed by atoms with Crippen molar-refractivity contribution in [1.29, 1.82) is 0 Å². The third-order valence-corrected chi connectivity index (χ3v) is 3.15. The van der Waals surface area contributed by atoms with Crippen LogP contribution in [0.4, 0.5) is 0 Å². The second-order valence-corrected chi connectivity index (χ2v) is 4.59. The third kappa shape index (κ3) is 0.883. The summed E-state index contributed by atoms with van der Waals surface area (Å²) in [6, 6.07) is 0. The summed E-state index contributed by atoms with van der Waals surface area (Å²) in [5, 5.41) is 0. The van der Waals surface area contributed by atoms with E-state index in [1.165, 1.54) is 26.4 Å². The van der Waals surface area contributed by atoms with E-state index in [9.17, 15) is 4.79 Å². The van der Waals surface area contributed by atoms with Crippen molar-refractivity contribution < 1.29 is 9.53 Å². The van der Waals surface area contributed by atoms with Crippen LogP contribution in [0.5, 0.6) is 0 Å². The van der Waals surface area contributed by atoms with Crippen molar-refractivity contribution in [3.63, 3.8) is 0 Å². The van der Waals surface area contributed by atoms with Crippen LogP contribution >= 0.6 is 0 Å². The lowest BCUT2D eigenvalue weighted by molar-refractivity contribution is -0.202. The van der Waals surface area contributed by atoms with E-state index in [-0.39, 0.29) is 5.97 Å². The molecular formula is C9H14O2. The van der Waals surface area contributed by atoms with E-state index in [0.29, 0.717) is 17.3 Å². The van der Waals surface area contributed by atoms with E-state index in [2.05, 4.69) is 11.7 Å². The van der Waals surface area contributed by atoms with Gasteiger partial charge in [-0.1, -0.05) is 6.92 Å². The van der Waals surface area contributed by atoms with E-state index in [1.807, 2.05) is 0 Å². The summed E-state index contributed by atoms with van der Waals surface area (Å²) in [7, 11) is 1.47. The second-order valence-electron chi connectivity index (χ2n) is 4.59. The van der Waals surface area contributed by atoms with Crippen molar-refractivity contribution >= 4 is 5.97 Å². The number of carbonyl (C=O) groups is 1. The maximum Gasteiger partial charge on any atom is 0.306 e. The molecule has 0 aromatic carbocycles. The van der Waals surface area contributed by atoms with Crippen LogP contribution in [0.1, 0.15) is 32.6 Å². The van der Waals surface area contributed by atoms with Gasteiger partial charge in [0.05, 0.1) is 13.5 Å². The van der Waals surface area contributed by atoms with Gasteiger partial charge in [-0.2, -0.15) is 0 Å². The molecule has 62 valence electrons. The molecule has 0 aromatic rings. The fraction of sp³-hybridized carbons (Fsp3) is 0.889. The van der Waals surface area contributed by atoms with Gasteiger partial charge in [0.2, 0.25) is 0 Å². The van der Waals surface area contributed by atoms with Gasteiger partial charge >= 0.3 is 5.97 Å². The first-order valence-corrected chi connectivity index (χ1v) is 4.14. The van der Waals surface area contributed by atoms with E-state index in [0.717, 1.165) is 0 Å². The van der Waals surface area contributed by atoms with E-state index < -0.39 is 0 Å². The Hall–Kier alpha value is -0.530. The molecule has 2 bridgehead atoms. The SMILES string of the molecule is COC(=O)CC12CC(C)(C1)C2. The first-order chi connectivity index (χ1) is 5.08. The van der Waals surface area contributed by atoms with Crippen molar-refractivity contribution in [2.24, 2.45) is 10.8 Å². The molecule has 3 rings (SSSR count). The molecule has 0 heterocycles. The zero-order valence-electron chi connectivity index (χ0n) is 7.14. The molecule has 0 saturated heterocycles. The van der Waals surface area contributed by atoms with Gasteiger partial charge in [0, 0.05) is 0 Å². The molecule has 0 atom stereocenters. The molecule has 0 aliphatic heterocycles. The van der Waals surface area contributed by atoms with Crippen molar-refractivity contribution in [3.8, 4) is 0 Å². The minimum absolute atomic E-state index is 0.0354. The van der Waals surface area contributed by atoms with Crippen LogP contribution in [-0.2, 0) is 9.53 Å². The highest BCUT2D eigenvalue weighted by molar-refractivity contribution is 5.70. The van der Waals surface area contributed by atoms with Gasteiger partial charge in [-0.05, 0) is 30.1 Å². The summed E-state index contributed by atoms with van der Waals surface area (Å²) in [4.78, 5) is 10.9. The number of methoxy groups -OCH3 is 1. The highest BCUT2D eigenvalue weighted by atomic mass is 16.5. The summed E-state index contributed by atoms with van der Waals surface area (Å²) < 4.78 is 4.64. The molecule has 3 aliphatic carbocycles. The van der Waals surface area contributed by atoms with Crippen molar-refractivity contribution in [1.82, 2.24) is 0 Å². The zero-order valence-corrected chi connectivity index (χ0v) is 7.14. The van der Waals surface area contributed by atoms with Gasteiger partial charge in [0.1, 0.15) is 0 Å². The lowest BCUT2D eigenvalue weighted by Gasteiger charge is -2.69. The molecule has 3 aliphatic rings. The predicted octanol–water partition coefficient (Wildman–Crippen LogP) is 1.74. The third-order valence-electron chi connectivity index (χ3n) is 3.15. The highest BCUT2D eigenvalue weighted by Gasteiger charge is 2.65. The first kappa shape index (κ1) is 7.14.